The zero-order valence-electron chi connectivity index (χ0n) is 19.6. The number of carbonyl (C=O) groups is 2. The minimum absolute atomic E-state index is 0.0563. The molecule has 186 valence electrons. The van der Waals surface area contributed by atoms with Gasteiger partial charge in [0.15, 0.2) is 0 Å². The van der Waals surface area contributed by atoms with Crippen molar-refractivity contribution in [2.24, 2.45) is 0 Å². The first-order valence-electron chi connectivity index (χ1n) is 11.4. The normalized spacial score (nSPS) is 13.2. The molecule has 0 fully saturated rings. The lowest BCUT2D eigenvalue weighted by Gasteiger charge is -2.18. The molecule has 3 aromatic carbocycles. The number of anilines is 2. The summed E-state index contributed by atoms with van der Waals surface area (Å²) in [5, 5.41) is 2.82. The lowest BCUT2D eigenvalue weighted by atomic mass is 10.0. The van der Waals surface area contributed by atoms with Gasteiger partial charge >= 0.3 is 6.18 Å². The van der Waals surface area contributed by atoms with E-state index < -0.39 is 6.18 Å². The van der Waals surface area contributed by atoms with Gasteiger partial charge in [-0.2, -0.15) is 13.2 Å². The maximum absolute atomic E-state index is 12.8. The van der Waals surface area contributed by atoms with Gasteiger partial charge in [0.2, 0.25) is 0 Å². The number of amides is 2. The SMILES string of the molecule is Cc1cc(/C=C/C(F)(F)F)ccc1C(=O)Nc1ccc2c(c1)N(C(=O)COCc1ccccc1)CC2. The topological polar surface area (TPSA) is 58.6 Å². The van der Waals surface area contributed by atoms with Gasteiger partial charge in [-0.05, 0) is 53.8 Å². The highest BCUT2D eigenvalue weighted by Crippen LogP contribution is 2.31. The van der Waals surface area contributed by atoms with E-state index in [1.807, 2.05) is 36.4 Å². The molecule has 1 N–H and O–H groups in total. The third-order valence-corrected chi connectivity index (χ3v) is 5.84. The Hall–Kier alpha value is -3.91. The number of ether oxygens (including phenoxy) is 1. The van der Waals surface area contributed by atoms with Gasteiger partial charge in [0.05, 0.1) is 6.61 Å². The van der Waals surface area contributed by atoms with Gasteiger partial charge < -0.3 is 15.0 Å². The number of nitrogens with one attached hydrogen (secondary N) is 1. The first-order chi connectivity index (χ1) is 17.2. The first-order valence-corrected chi connectivity index (χ1v) is 11.4. The van der Waals surface area contributed by atoms with E-state index >= 15 is 0 Å². The number of rotatable bonds is 7. The van der Waals surface area contributed by atoms with E-state index in [0.29, 0.717) is 42.0 Å². The monoisotopic (exact) mass is 494 g/mol. The van der Waals surface area contributed by atoms with Crippen LogP contribution in [0.15, 0.2) is 72.8 Å². The van der Waals surface area contributed by atoms with E-state index in [0.717, 1.165) is 22.9 Å². The minimum atomic E-state index is -4.40. The number of nitrogens with zero attached hydrogens (tertiary/aromatic N) is 1. The van der Waals surface area contributed by atoms with E-state index in [1.165, 1.54) is 18.2 Å². The first kappa shape index (κ1) is 25.2. The molecule has 0 saturated carbocycles. The highest BCUT2D eigenvalue weighted by atomic mass is 19.4. The number of halogens is 3. The number of aryl methyl sites for hydroxylation is 1. The molecule has 4 rings (SSSR count). The summed E-state index contributed by atoms with van der Waals surface area (Å²) in [4.78, 5) is 27.3. The summed E-state index contributed by atoms with van der Waals surface area (Å²) in [6.45, 7) is 2.48. The fraction of sp³-hybridized carbons (Fsp3) is 0.214. The van der Waals surface area contributed by atoms with Crippen LogP contribution in [0.5, 0.6) is 0 Å². The predicted molar refractivity (Wildman–Crippen MR) is 133 cm³/mol. The third kappa shape index (κ3) is 6.40. The van der Waals surface area contributed by atoms with Crippen molar-refractivity contribution in [3.8, 4) is 0 Å². The van der Waals surface area contributed by atoms with Crippen LogP contribution in [-0.4, -0.2) is 31.1 Å². The number of benzene rings is 3. The van der Waals surface area contributed by atoms with Gasteiger partial charge in [-0.3, -0.25) is 9.59 Å². The van der Waals surface area contributed by atoms with E-state index in [2.05, 4.69) is 5.32 Å². The largest absolute Gasteiger partial charge is 0.409 e. The molecule has 0 saturated heterocycles. The Morgan fingerprint density at radius 1 is 1.06 bits per heavy atom. The number of alkyl halides is 3. The molecule has 36 heavy (non-hydrogen) atoms. The summed E-state index contributed by atoms with van der Waals surface area (Å²) in [5.74, 6) is -0.549. The zero-order valence-corrected chi connectivity index (χ0v) is 19.6. The van der Waals surface area contributed by atoms with Gasteiger partial charge in [0, 0.05) is 29.6 Å². The molecule has 0 atom stereocenters. The van der Waals surface area contributed by atoms with Crippen molar-refractivity contribution in [3.05, 3.63) is 101 Å². The second kappa shape index (κ2) is 10.8. The third-order valence-electron chi connectivity index (χ3n) is 5.84. The van der Waals surface area contributed by atoms with Crippen LogP contribution in [0.2, 0.25) is 0 Å². The van der Waals surface area contributed by atoms with E-state index in [1.54, 1.807) is 24.0 Å². The second-order valence-corrected chi connectivity index (χ2v) is 8.52. The Labute approximate surface area is 207 Å². The van der Waals surface area contributed by atoms with Crippen molar-refractivity contribution in [1.82, 2.24) is 0 Å². The summed E-state index contributed by atoms with van der Waals surface area (Å²) in [5.41, 5.74) is 4.47. The Balaban J connectivity index is 1.40. The maximum Gasteiger partial charge on any atom is 0.409 e. The van der Waals surface area contributed by atoms with Gasteiger partial charge in [0.1, 0.15) is 6.61 Å². The molecule has 2 amide bonds. The molecule has 0 radical (unpaired) electrons. The molecule has 1 aliphatic rings. The van der Waals surface area contributed by atoms with Crippen LogP contribution >= 0.6 is 0 Å². The van der Waals surface area contributed by atoms with E-state index in [-0.39, 0.29) is 24.5 Å². The van der Waals surface area contributed by atoms with Gasteiger partial charge in [-0.1, -0.05) is 54.6 Å². The van der Waals surface area contributed by atoms with Crippen molar-refractivity contribution < 1.29 is 27.5 Å². The van der Waals surface area contributed by atoms with E-state index in [4.69, 9.17) is 4.74 Å². The molecular formula is C28H25F3N2O3. The highest BCUT2D eigenvalue weighted by Gasteiger charge is 2.25. The number of fused-ring (bicyclic) bond motifs is 1. The molecule has 0 bridgehead atoms. The maximum atomic E-state index is 12.8. The molecule has 5 nitrogen and oxygen atoms in total. The van der Waals surface area contributed by atoms with Crippen molar-refractivity contribution in [3.63, 3.8) is 0 Å². The van der Waals surface area contributed by atoms with Gasteiger partial charge in [0.25, 0.3) is 11.8 Å². The fourth-order valence-electron chi connectivity index (χ4n) is 4.06. The van der Waals surface area contributed by atoms with Crippen LogP contribution in [-0.2, 0) is 22.6 Å². The molecule has 0 spiro atoms. The summed E-state index contributed by atoms with van der Waals surface area (Å²) in [7, 11) is 0. The number of carbonyl (C=O) groups excluding carboxylic acids is 2. The van der Waals surface area contributed by atoms with Gasteiger partial charge in [-0.15, -0.1) is 0 Å². The average molecular weight is 495 g/mol. The molecule has 0 unspecified atom stereocenters. The lowest BCUT2D eigenvalue weighted by molar-refractivity contribution is -0.123. The Bertz CT molecular complexity index is 1290. The van der Waals surface area contributed by atoms with Crippen LogP contribution in [0.3, 0.4) is 0 Å². The minimum Gasteiger partial charge on any atom is -0.367 e. The lowest BCUT2D eigenvalue weighted by Crippen LogP contribution is -2.32. The van der Waals surface area contributed by atoms with Crippen LogP contribution < -0.4 is 10.2 Å². The van der Waals surface area contributed by atoms with Crippen molar-refractivity contribution >= 4 is 29.3 Å². The molecule has 0 aliphatic carbocycles. The molecular weight excluding hydrogens is 469 g/mol. The summed E-state index contributed by atoms with van der Waals surface area (Å²) >= 11 is 0. The molecule has 8 heteroatoms. The quantitative estimate of drug-likeness (QED) is 0.443. The number of hydrogen-bond donors (Lipinski definition) is 1. The Morgan fingerprint density at radius 2 is 1.83 bits per heavy atom. The zero-order chi connectivity index (χ0) is 25.7. The van der Waals surface area contributed by atoms with E-state index in [9.17, 15) is 22.8 Å². The summed E-state index contributed by atoms with van der Waals surface area (Å²) < 4.78 is 42.8. The number of allylic oxidation sites excluding steroid dienone is 1. The Morgan fingerprint density at radius 3 is 2.56 bits per heavy atom. The molecule has 1 aliphatic heterocycles. The van der Waals surface area contributed by atoms with Crippen LogP contribution in [0.4, 0.5) is 24.5 Å². The summed E-state index contributed by atoms with van der Waals surface area (Å²) in [6, 6.07) is 19.5. The van der Waals surface area contributed by atoms with Crippen LogP contribution in [0.1, 0.15) is 32.6 Å². The molecule has 3 aromatic rings. The fourth-order valence-corrected chi connectivity index (χ4v) is 4.06. The standard InChI is InChI=1S/C28H25F3N2O3/c1-19-15-20(11-13-28(29,30)31)7-10-24(19)27(35)32-23-9-8-22-12-14-33(25(22)16-23)26(34)18-36-17-21-5-3-2-4-6-21/h2-11,13,15-16H,12,14,17-18H2,1H3,(H,32,35)/b13-11+. The van der Waals surface area contributed by atoms with Crippen LogP contribution in [0.25, 0.3) is 6.08 Å². The smallest absolute Gasteiger partial charge is 0.367 e. The number of hydrogen-bond acceptors (Lipinski definition) is 3. The van der Waals surface area contributed by atoms with Crippen LogP contribution in [0, 0.1) is 6.92 Å². The van der Waals surface area contributed by atoms with Crippen molar-refractivity contribution in [2.75, 3.05) is 23.4 Å². The van der Waals surface area contributed by atoms with Crippen molar-refractivity contribution in [2.45, 2.75) is 26.1 Å². The van der Waals surface area contributed by atoms with Crippen molar-refractivity contribution in [1.29, 1.82) is 0 Å². The predicted octanol–water partition coefficient (Wildman–Crippen LogP) is 5.93. The average Bonchev–Trinajstić information content (AvgIpc) is 3.26. The molecule has 0 aromatic heterocycles. The highest BCUT2D eigenvalue weighted by molar-refractivity contribution is 6.06. The van der Waals surface area contributed by atoms with Gasteiger partial charge in [-0.25, -0.2) is 0 Å². The summed E-state index contributed by atoms with van der Waals surface area (Å²) in [6.07, 6.45) is -2.57. The second-order valence-electron chi connectivity index (χ2n) is 8.52. The Kier molecular flexibility index (Phi) is 7.55. The molecule has 1 heterocycles.